The van der Waals surface area contributed by atoms with Gasteiger partial charge in [0.15, 0.2) is 0 Å². The lowest BCUT2D eigenvalue weighted by Crippen LogP contribution is -2.11. The van der Waals surface area contributed by atoms with Crippen LogP contribution in [0, 0.1) is 0 Å². The summed E-state index contributed by atoms with van der Waals surface area (Å²) < 4.78 is 20.9. The summed E-state index contributed by atoms with van der Waals surface area (Å²) in [7, 11) is -2.58. The predicted molar refractivity (Wildman–Crippen MR) is 58.9 cm³/mol. The van der Waals surface area contributed by atoms with Crippen LogP contribution in [0.1, 0.15) is 17.3 Å². The Bertz CT molecular complexity index is 429. The van der Waals surface area contributed by atoms with Crippen LogP contribution in [0.15, 0.2) is 24.3 Å². The van der Waals surface area contributed by atoms with Crippen molar-refractivity contribution in [2.75, 3.05) is 13.7 Å². The Balaban J connectivity index is 3.07. The molecule has 0 aliphatic carbocycles. The number of hydrogen-bond donors (Lipinski definition) is 1. The highest BCUT2D eigenvalue weighted by Crippen LogP contribution is 2.40. The number of carbonyl (C=O) groups excluding carboxylic acids is 1. The van der Waals surface area contributed by atoms with Gasteiger partial charge in [0, 0.05) is 0 Å². The van der Waals surface area contributed by atoms with Crippen molar-refractivity contribution in [1.29, 1.82) is 0 Å². The highest BCUT2D eigenvalue weighted by atomic mass is 31.2. The van der Waals surface area contributed by atoms with E-state index < -0.39 is 13.6 Å². The number of rotatable bonds is 4. The predicted octanol–water partition coefficient (Wildman–Crippen LogP) is 1.32. The van der Waals surface area contributed by atoms with E-state index in [1.54, 1.807) is 6.92 Å². The van der Waals surface area contributed by atoms with Crippen LogP contribution in [0.4, 0.5) is 0 Å². The standard InChI is InChI=1S/C10H13O5P/c1-3-15-16(12,13)9-6-4-5-8(7-9)10(11)14-2/h4-7H,3H2,1-2H3,(H,12,13). The summed E-state index contributed by atoms with van der Waals surface area (Å²) in [4.78, 5) is 20.8. The molecule has 88 valence electrons. The molecule has 1 aromatic rings. The van der Waals surface area contributed by atoms with Crippen LogP contribution >= 0.6 is 7.60 Å². The third-order valence-electron chi connectivity index (χ3n) is 1.90. The number of hydrogen-bond acceptors (Lipinski definition) is 4. The zero-order valence-corrected chi connectivity index (χ0v) is 9.94. The van der Waals surface area contributed by atoms with Crippen molar-refractivity contribution >= 4 is 18.9 Å². The van der Waals surface area contributed by atoms with Gasteiger partial charge in [-0.3, -0.25) is 4.57 Å². The smallest absolute Gasteiger partial charge is 0.358 e. The van der Waals surface area contributed by atoms with Gasteiger partial charge in [-0.1, -0.05) is 6.07 Å². The fourth-order valence-corrected chi connectivity index (χ4v) is 2.25. The highest BCUT2D eigenvalue weighted by Gasteiger charge is 2.22. The molecule has 1 atom stereocenters. The maximum absolute atomic E-state index is 11.7. The van der Waals surface area contributed by atoms with Crippen LogP contribution < -0.4 is 5.30 Å². The first-order valence-corrected chi connectivity index (χ1v) is 6.25. The molecule has 0 saturated heterocycles. The Kier molecular flexibility index (Phi) is 4.24. The minimum Gasteiger partial charge on any atom is -0.465 e. The molecule has 1 unspecified atom stereocenters. The monoisotopic (exact) mass is 244 g/mol. The Hall–Kier alpha value is -1.16. The zero-order valence-electron chi connectivity index (χ0n) is 9.04. The third kappa shape index (κ3) is 2.92. The molecule has 6 heteroatoms. The minimum atomic E-state index is -3.83. The second-order valence-corrected chi connectivity index (χ2v) is 4.80. The van der Waals surface area contributed by atoms with E-state index in [4.69, 9.17) is 4.52 Å². The van der Waals surface area contributed by atoms with Crippen LogP contribution in [-0.4, -0.2) is 24.6 Å². The van der Waals surface area contributed by atoms with Crippen LogP contribution in [-0.2, 0) is 13.8 Å². The molecule has 0 aliphatic rings. The molecule has 0 aliphatic heterocycles. The van der Waals surface area contributed by atoms with E-state index in [-0.39, 0.29) is 17.5 Å². The van der Waals surface area contributed by atoms with Gasteiger partial charge in [0.1, 0.15) is 0 Å². The summed E-state index contributed by atoms with van der Waals surface area (Å²) in [5, 5.41) is 0.0808. The molecule has 0 saturated carbocycles. The first-order valence-electron chi connectivity index (χ1n) is 4.67. The number of methoxy groups -OCH3 is 1. The summed E-state index contributed by atoms with van der Waals surface area (Å²) in [6.07, 6.45) is 0. The lowest BCUT2D eigenvalue weighted by Gasteiger charge is -2.11. The molecule has 1 rings (SSSR count). The summed E-state index contributed by atoms with van der Waals surface area (Å²) in [6.45, 7) is 1.74. The van der Waals surface area contributed by atoms with Gasteiger partial charge in [-0.05, 0) is 25.1 Å². The second kappa shape index (κ2) is 5.25. The summed E-state index contributed by atoms with van der Waals surface area (Å²) >= 11 is 0. The van der Waals surface area contributed by atoms with Gasteiger partial charge in [-0.25, -0.2) is 4.79 Å². The average molecular weight is 244 g/mol. The maximum Gasteiger partial charge on any atom is 0.358 e. The first kappa shape index (κ1) is 12.9. The number of esters is 1. The molecule has 1 aromatic carbocycles. The van der Waals surface area contributed by atoms with Gasteiger partial charge >= 0.3 is 13.6 Å². The highest BCUT2D eigenvalue weighted by molar-refractivity contribution is 7.61. The van der Waals surface area contributed by atoms with Crippen molar-refractivity contribution in [2.24, 2.45) is 0 Å². The molecule has 0 spiro atoms. The third-order valence-corrected chi connectivity index (χ3v) is 3.44. The van der Waals surface area contributed by atoms with Crippen LogP contribution in [0.25, 0.3) is 0 Å². The molecule has 0 radical (unpaired) electrons. The number of benzene rings is 1. The number of ether oxygens (including phenoxy) is 1. The maximum atomic E-state index is 11.7. The van der Waals surface area contributed by atoms with E-state index in [0.29, 0.717) is 0 Å². The van der Waals surface area contributed by atoms with Crippen molar-refractivity contribution in [3.63, 3.8) is 0 Å². The lowest BCUT2D eigenvalue weighted by atomic mass is 10.2. The lowest BCUT2D eigenvalue weighted by molar-refractivity contribution is 0.0601. The van der Waals surface area contributed by atoms with E-state index >= 15 is 0 Å². The molecular formula is C10H13O5P. The summed E-state index contributed by atoms with van der Waals surface area (Å²) in [5.41, 5.74) is 0.217. The minimum absolute atomic E-state index is 0.0808. The SMILES string of the molecule is CCOP(=O)(O)c1cccc(C(=O)OC)c1. The molecule has 0 amide bonds. The van der Waals surface area contributed by atoms with Crippen LogP contribution in [0.2, 0.25) is 0 Å². The Morgan fingerprint density at radius 3 is 2.75 bits per heavy atom. The quantitative estimate of drug-likeness (QED) is 0.638. The van der Waals surface area contributed by atoms with Gasteiger partial charge in [0.2, 0.25) is 0 Å². The normalized spacial score (nSPS) is 14.2. The fraction of sp³-hybridized carbons (Fsp3) is 0.300. The van der Waals surface area contributed by atoms with Crippen molar-refractivity contribution < 1.29 is 23.5 Å². The fourth-order valence-electron chi connectivity index (χ4n) is 1.18. The largest absolute Gasteiger partial charge is 0.465 e. The Labute approximate surface area is 93.5 Å². The van der Waals surface area contributed by atoms with Crippen molar-refractivity contribution in [2.45, 2.75) is 6.92 Å². The number of carbonyl (C=O) groups is 1. The van der Waals surface area contributed by atoms with Crippen molar-refractivity contribution in [3.8, 4) is 0 Å². The molecule has 0 fully saturated rings. The average Bonchev–Trinajstić information content (AvgIpc) is 2.28. The molecule has 0 heterocycles. The molecule has 0 bridgehead atoms. The van der Waals surface area contributed by atoms with Gasteiger partial charge in [-0.2, -0.15) is 0 Å². The topological polar surface area (TPSA) is 72.8 Å². The first-order chi connectivity index (χ1) is 7.51. The van der Waals surface area contributed by atoms with Crippen LogP contribution in [0.3, 0.4) is 0 Å². The Morgan fingerprint density at radius 2 is 2.19 bits per heavy atom. The molecular weight excluding hydrogens is 231 g/mol. The molecule has 0 aromatic heterocycles. The molecule has 5 nitrogen and oxygen atoms in total. The zero-order chi connectivity index (χ0) is 12.2. The van der Waals surface area contributed by atoms with Gasteiger partial charge < -0.3 is 14.2 Å². The molecule has 1 N–H and O–H groups in total. The van der Waals surface area contributed by atoms with E-state index in [1.807, 2.05) is 0 Å². The van der Waals surface area contributed by atoms with E-state index in [1.165, 1.54) is 31.4 Å². The van der Waals surface area contributed by atoms with Gasteiger partial charge in [0.25, 0.3) is 0 Å². The van der Waals surface area contributed by atoms with Gasteiger partial charge in [0.05, 0.1) is 24.6 Å². The van der Waals surface area contributed by atoms with Gasteiger partial charge in [-0.15, -0.1) is 0 Å². The summed E-state index contributed by atoms with van der Waals surface area (Å²) in [6, 6.07) is 5.73. The molecule has 16 heavy (non-hydrogen) atoms. The van der Waals surface area contributed by atoms with E-state index in [9.17, 15) is 14.3 Å². The van der Waals surface area contributed by atoms with Crippen LogP contribution in [0.5, 0.6) is 0 Å². The van der Waals surface area contributed by atoms with E-state index in [0.717, 1.165) is 0 Å². The van der Waals surface area contributed by atoms with Crippen molar-refractivity contribution in [1.82, 2.24) is 0 Å². The van der Waals surface area contributed by atoms with E-state index in [2.05, 4.69) is 4.74 Å². The summed E-state index contributed by atoms with van der Waals surface area (Å²) in [5.74, 6) is -0.557. The Morgan fingerprint density at radius 1 is 1.50 bits per heavy atom. The second-order valence-electron chi connectivity index (χ2n) is 2.98. The van der Waals surface area contributed by atoms with Crippen molar-refractivity contribution in [3.05, 3.63) is 29.8 Å².